The third-order valence-electron chi connectivity index (χ3n) is 4.62. The Morgan fingerprint density at radius 3 is 2.91 bits per heavy atom. The van der Waals surface area contributed by atoms with Gasteiger partial charge in [-0.2, -0.15) is 0 Å². The molecule has 5 nitrogen and oxygen atoms in total. The van der Waals surface area contributed by atoms with Crippen molar-refractivity contribution in [3.8, 4) is 5.75 Å². The van der Waals surface area contributed by atoms with Crippen LogP contribution in [0.5, 0.6) is 5.75 Å². The first kappa shape index (κ1) is 16.1. The molecule has 23 heavy (non-hydrogen) atoms. The molecule has 2 aliphatic rings. The van der Waals surface area contributed by atoms with E-state index in [1.807, 2.05) is 18.2 Å². The topological polar surface area (TPSA) is 54.9 Å². The van der Waals surface area contributed by atoms with Gasteiger partial charge >= 0.3 is 0 Å². The molecule has 2 saturated heterocycles. The van der Waals surface area contributed by atoms with Crippen molar-refractivity contribution < 1.29 is 9.47 Å². The molecule has 2 N–H and O–H groups in total. The van der Waals surface area contributed by atoms with Crippen molar-refractivity contribution in [1.82, 2.24) is 10.6 Å². The van der Waals surface area contributed by atoms with Crippen molar-refractivity contribution in [3.05, 3.63) is 29.8 Å². The van der Waals surface area contributed by atoms with E-state index in [2.05, 4.69) is 23.6 Å². The van der Waals surface area contributed by atoms with Crippen LogP contribution in [0.15, 0.2) is 29.3 Å². The minimum absolute atomic E-state index is 0.359. The van der Waals surface area contributed by atoms with Crippen LogP contribution < -0.4 is 15.4 Å². The molecule has 2 heterocycles. The standard InChI is InChI=1S/C18H27N3O2/c1-3-19-18(21-15-12-14-8-9-17(15)23-14)20-11-10-13-6-4-5-7-16(13)22-2/h4-7,14-15,17H,3,8-12H2,1-2H3,(H2,19,20,21). The van der Waals surface area contributed by atoms with Gasteiger partial charge in [0.1, 0.15) is 5.75 Å². The van der Waals surface area contributed by atoms with Crippen LogP contribution in [0.25, 0.3) is 0 Å². The van der Waals surface area contributed by atoms with Gasteiger partial charge in [0.05, 0.1) is 25.4 Å². The van der Waals surface area contributed by atoms with Gasteiger partial charge in [-0.25, -0.2) is 0 Å². The van der Waals surface area contributed by atoms with Crippen molar-refractivity contribution in [1.29, 1.82) is 0 Å². The number of hydrogen-bond acceptors (Lipinski definition) is 3. The molecule has 0 amide bonds. The van der Waals surface area contributed by atoms with Gasteiger partial charge in [-0.15, -0.1) is 0 Å². The molecule has 3 unspecified atom stereocenters. The van der Waals surface area contributed by atoms with E-state index in [0.717, 1.165) is 37.6 Å². The number of aliphatic imine (C=N–C) groups is 1. The van der Waals surface area contributed by atoms with Gasteiger partial charge in [-0.3, -0.25) is 4.99 Å². The summed E-state index contributed by atoms with van der Waals surface area (Å²) >= 11 is 0. The molecule has 2 bridgehead atoms. The van der Waals surface area contributed by atoms with Crippen LogP contribution in [0.3, 0.4) is 0 Å². The number of para-hydroxylation sites is 1. The summed E-state index contributed by atoms with van der Waals surface area (Å²) in [6.45, 7) is 3.69. The summed E-state index contributed by atoms with van der Waals surface area (Å²) in [5, 5.41) is 6.88. The Balaban J connectivity index is 1.56. The maximum atomic E-state index is 5.91. The second kappa shape index (κ2) is 7.68. The van der Waals surface area contributed by atoms with Crippen LogP contribution in [0.1, 0.15) is 31.7 Å². The quantitative estimate of drug-likeness (QED) is 0.623. The van der Waals surface area contributed by atoms with Crippen molar-refractivity contribution in [2.45, 2.75) is 50.9 Å². The van der Waals surface area contributed by atoms with Gasteiger partial charge in [0, 0.05) is 13.1 Å². The SMILES string of the molecule is CCNC(=NCCc1ccccc1OC)NC1CC2CCC1O2. The molecule has 1 aromatic rings. The average molecular weight is 317 g/mol. The lowest BCUT2D eigenvalue weighted by molar-refractivity contribution is 0.0992. The Bertz CT molecular complexity index is 547. The Labute approximate surface area is 138 Å². The third-order valence-corrected chi connectivity index (χ3v) is 4.62. The molecule has 2 fully saturated rings. The molecule has 0 spiro atoms. The molecular formula is C18H27N3O2. The Kier molecular flexibility index (Phi) is 5.39. The Morgan fingerprint density at radius 1 is 1.35 bits per heavy atom. The smallest absolute Gasteiger partial charge is 0.191 e. The molecular weight excluding hydrogens is 290 g/mol. The number of rotatable bonds is 6. The van der Waals surface area contributed by atoms with Gasteiger partial charge in [0.25, 0.3) is 0 Å². The largest absolute Gasteiger partial charge is 0.496 e. The molecule has 0 radical (unpaired) electrons. The number of ether oxygens (including phenoxy) is 2. The third kappa shape index (κ3) is 3.96. The lowest BCUT2D eigenvalue weighted by atomic mass is 9.96. The van der Waals surface area contributed by atoms with Gasteiger partial charge in [-0.05, 0) is 44.2 Å². The second-order valence-corrected chi connectivity index (χ2v) is 6.18. The van der Waals surface area contributed by atoms with E-state index < -0.39 is 0 Å². The Morgan fingerprint density at radius 2 is 2.22 bits per heavy atom. The fourth-order valence-corrected chi connectivity index (χ4v) is 3.48. The summed E-state index contributed by atoms with van der Waals surface area (Å²) in [5.41, 5.74) is 1.19. The molecule has 3 atom stereocenters. The van der Waals surface area contributed by atoms with E-state index >= 15 is 0 Å². The van der Waals surface area contributed by atoms with Crippen molar-refractivity contribution in [2.24, 2.45) is 4.99 Å². The number of guanidine groups is 1. The maximum absolute atomic E-state index is 5.91. The highest BCUT2D eigenvalue weighted by molar-refractivity contribution is 5.80. The maximum Gasteiger partial charge on any atom is 0.191 e. The van der Waals surface area contributed by atoms with Crippen LogP contribution in [0.2, 0.25) is 0 Å². The van der Waals surface area contributed by atoms with Gasteiger partial charge in [0.2, 0.25) is 0 Å². The lowest BCUT2D eigenvalue weighted by Gasteiger charge is -2.22. The molecule has 3 rings (SSSR count). The zero-order valence-corrected chi connectivity index (χ0v) is 14.0. The van der Waals surface area contributed by atoms with Crippen LogP contribution in [-0.4, -0.2) is 44.4 Å². The van der Waals surface area contributed by atoms with Crippen molar-refractivity contribution >= 4 is 5.96 Å². The summed E-state index contributed by atoms with van der Waals surface area (Å²) in [6.07, 6.45) is 5.16. The van der Waals surface area contributed by atoms with E-state index in [1.165, 1.54) is 18.4 Å². The number of nitrogens with zero attached hydrogens (tertiary/aromatic N) is 1. The molecule has 1 aromatic carbocycles. The zero-order valence-electron chi connectivity index (χ0n) is 14.0. The normalized spacial score (nSPS) is 26.3. The summed E-state index contributed by atoms with van der Waals surface area (Å²) in [4.78, 5) is 4.71. The molecule has 0 aromatic heterocycles. The molecule has 2 aliphatic heterocycles. The molecule has 5 heteroatoms. The predicted molar refractivity (Wildman–Crippen MR) is 92.1 cm³/mol. The highest BCUT2D eigenvalue weighted by Gasteiger charge is 2.41. The number of benzene rings is 1. The highest BCUT2D eigenvalue weighted by atomic mass is 16.5. The van der Waals surface area contributed by atoms with Gasteiger partial charge in [0.15, 0.2) is 5.96 Å². The van der Waals surface area contributed by atoms with Crippen molar-refractivity contribution in [2.75, 3.05) is 20.2 Å². The lowest BCUT2D eigenvalue weighted by Crippen LogP contribution is -2.47. The first-order chi connectivity index (χ1) is 11.3. The van der Waals surface area contributed by atoms with E-state index in [4.69, 9.17) is 14.5 Å². The predicted octanol–water partition coefficient (Wildman–Crippen LogP) is 2.11. The molecule has 0 aliphatic carbocycles. The number of nitrogens with one attached hydrogen (secondary N) is 2. The summed E-state index contributed by atoms with van der Waals surface area (Å²) < 4.78 is 11.3. The average Bonchev–Trinajstić information content (AvgIpc) is 3.18. The fourth-order valence-electron chi connectivity index (χ4n) is 3.48. The van der Waals surface area contributed by atoms with Crippen LogP contribution in [0, 0.1) is 0 Å². The summed E-state index contributed by atoms with van der Waals surface area (Å²) in [7, 11) is 1.71. The second-order valence-electron chi connectivity index (χ2n) is 6.18. The number of fused-ring (bicyclic) bond motifs is 2. The summed E-state index contributed by atoms with van der Waals surface area (Å²) in [5.74, 6) is 1.82. The van der Waals surface area contributed by atoms with Crippen LogP contribution >= 0.6 is 0 Å². The molecule has 126 valence electrons. The zero-order chi connectivity index (χ0) is 16.1. The summed E-state index contributed by atoms with van der Waals surface area (Å²) in [6, 6.07) is 8.52. The first-order valence-electron chi connectivity index (χ1n) is 8.62. The van der Waals surface area contributed by atoms with Gasteiger partial charge < -0.3 is 20.1 Å². The number of hydrogen-bond donors (Lipinski definition) is 2. The minimum Gasteiger partial charge on any atom is -0.496 e. The van der Waals surface area contributed by atoms with Crippen molar-refractivity contribution in [3.63, 3.8) is 0 Å². The number of methoxy groups -OCH3 is 1. The first-order valence-corrected chi connectivity index (χ1v) is 8.62. The Hall–Kier alpha value is -1.75. The van der Waals surface area contributed by atoms with E-state index in [9.17, 15) is 0 Å². The highest BCUT2D eigenvalue weighted by Crippen LogP contribution is 2.34. The fraction of sp³-hybridized carbons (Fsp3) is 0.611. The minimum atomic E-state index is 0.359. The van der Waals surface area contributed by atoms with E-state index in [0.29, 0.717) is 18.2 Å². The van der Waals surface area contributed by atoms with E-state index in [-0.39, 0.29) is 0 Å². The van der Waals surface area contributed by atoms with E-state index in [1.54, 1.807) is 7.11 Å². The van der Waals surface area contributed by atoms with Crippen LogP contribution in [-0.2, 0) is 11.2 Å². The van der Waals surface area contributed by atoms with Gasteiger partial charge in [-0.1, -0.05) is 18.2 Å². The monoisotopic (exact) mass is 317 g/mol. The van der Waals surface area contributed by atoms with Crippen LogP contribution in [0.4, 0.5) is 0 Å². The molecule has 0 saturated carbocycles.